The quantitative estimate of drug-likeness (QED) is 0.299. The third kappa shape index (κ3) is 6.88. The highest BCUT2D eigenvalue weighted by Crippen LogP contribution is 2.16. The predicted octanol–water partition coefficient (Wildman–Crippen LogP) is 5.67. The summed E-state index contributed by atoms with van der Waals surface area (Å²) < 4.78 is 5.86. The van der Waals surface area contributed by atoms with Crippen LogP contribution in [0.4, 0.5) is 0 Å². The number of ether oxygens (including phenoxy) is 1. The zero-order valence-corrected chi connectivity index (χ0v) is 17.3. The van der Waals surface area contributed by atoms with Gasteiger partial charge < -0.3 is 9.64 Å². The molecule has 1 aromatic rings. The summed E-state index contributed by atoms with van der Waals surface area (Å²) in [5.41, 5.74) is 2.14. The molecule has 0 aliphatic carbocycles. The smallest absolute Gasteiger partial charge is 0.258 e. The first-order chi connectivity index (χ1) is 13.5. The van der Waals surface area contributed by atoms with Gasteiger partial charge in [0.2, 0.25) is 0 Å². The van der Waals surface area contributed by atoms with Crippen LogP contribution in [0.25, 0.3) is 0 Å². The molecule has 0 saturated heterocycles. The van der Waals surface area contributed by atoms with E-state index in [1.165, 1.54) is 0 Å². The number of allylic oxidation sites excluding steroid dienone is 7. The number of rotatable bonds is 10. The maximum Gasteiger partial charge on any atom is 0.258 e. The van der Waals surface area contributed by atoms with Gasteiger partial charge >= 0.3 is 0 Å². The second-order valence-corrected chi connectivity index (χ2v) is 5.92. The Balaban J connectivity index is 3.10. The number of hydrogen-bond acceptors (Lipinski definition) is 3. The number of pyridine rings is 1. The van der Waals surface area contributed by atoms with Gasteiger partial charge in [-0.15, -0.1) is 0 Å². The molecule has 0 N–H and O–H groups in total. The highest BCUT2D eigenvalue weighted by molar-refractivity contribution is 5.97. The molecule has 0 bridgehead atoms. The molecule has 0 saturated carbocycles. The molecule has 1 rings (SSSR count). The minimum Gasteiger partial charge on any atom is -0.460 e. The van der Waals surface area contributed by atoms with Gasteiger partial charge in [-0.2, -0.15) is 0 Å². The maximum absolute atomic E-state index is 13.0. The topological polar surface area (TPSA) is 42.4 Å². The fourth-order valence-corrected chi connectivity index (χ4v) is 2.36. The van der Waals surface area contributed by atoms with Crippen LogP contribution in [0, 0.1) is 6.92 Å². The predicted molar refractivity (Wildman–Crippen MR) is 117 cm³/mol. The monoisotopic (exact) mass is 378 g/mol. The first-order valence-electron chi connectivity index (χ1n) is 9.41. The Hall–Kier alpha value is -3.14. The number of nitrogens with zero attached hydrogens (tertiary/aromatic N) is 2. The molecule has 0 fully saturated rings. The number of carbonyl (C=O) groups excluding carboxylic acids is 1. The van der Waals surface area contributed by atoms with E-state index in [0.29, 0.717) is 24.3 Å². The van der Waals surface area contributed by atoms with Crippen molar-refractivity contribution in [1.82, 2.24) is 9.88 Å². The highest BCUT2D eigenvalue weighted by atomic mass is 16.5. The molecule has 1 aromatic heterocycles. The second kappa shape index (κ2) is 12.3. The Morgan fingerprint density at radius 3 is 2.43 bits per heavy atom. The Morgan fingerprint density at radius 1 is 1.18 bits per heavy atom. The number of aryl methyl sites for hydroxylation is 1. The molecule has 1 heterocycles. The largest absolute Gasteiger partial charge is 0.460 e. The fourth-order valence-electron chi connectivity index (χ4n) is 2.36. The van der Waals surface area contributed by atoms with Gasteiger partial charge in [-0.3, -0.25) is 9.78 Å². The minimum atomic E-state index is -0.142. The van der Waals surface area contributed by atoms with Crippen molar-refractivity contribution in [2.45, 2.75) is 34.1 Å². The summed E-state index contributed by atoms with van der Waals surface area (Å²) in [4.78, 5) is 18.8. The van der Waals surface area contributed by atoms with Crippen LogP contribution in [0.15, 0.2) is 91.0 Å². The first kappa shape index (κ1) is 22.9. The number of hydrogen-bond donors (Lipinski definition) is 0. The molecule has 0 unspecified atom stereocenters. The van der Waals surface area contributed by atoms with Crippen molar-refractivity contribution in [1.29, 1.82) is 0 Å². The Kier molecular flexibility index (Phi) is 10.0. The van der Waals surface area contributed by atoms with Crippen LogP contribution in [0.5, 0.6) is 5.75 Å². The lowest BCUT2D eigenvalue weighted by Crippen LogP contribution is -2.30. The summed E-state index contributed by atoms with van der Waals surface area (Å²) in [6, 6.07) is 3.76. The van der Waals surface area contributed by atoms with Crippen molar-refractivity contribution < 1.29 is 9.53 Å². The molecule has 1 amide bonds. The molecule has 28 heavy (non-hydrogen) atoms. The van der Waals surface area contributed by atoms with Crippen molar-refractivity contribution in [3.8, 4) is 5.75 Å². The third-order valence-corrected chi connectivity index (χ3v) is 3.94. The lowest BCUT2D eigenvalue weighted by atomic mass is 10.1. The van der Waals surface area contributed by atoms with Crippen molar-refractivity contribution in [3.05, 3.63) is 96.7 Å². The van der Waals surface area contributed by atoms with Gasteiger partial charge in [-0.1, -0.05) is 38.3 Å². The van der Waals surface area contributed by atoms with Crippen molar-refractivity contribution in [2.24, 2.45) is 0 Å². The van der Waals surface area contributed by atoms with Gasteiger partial charge in [0.25, 0.3) is 5.91 Å². The van der Waals surface area contributed by atoms with E-state index in [-0.39, 0.29) is 5.91 Å². The van der Waals surface area contributed by atoms with E-state index in [0.717, 1.165) is 17.2 Å². The molecule has 0 atom stereocenters. The summed E-state index contributed by atoms with van der Waals surface area (Å²) in [6.45, 7) is 15.9. The summed E-state index contributed by atoms with van der Waals surface area (Å²) in [6.07, 6.45) is 14.8. The molecular formula is C24H30N2O2. The van der Waals surface area contributed by atoms with E-state index >= 15 is 0 Å². The Labute approximate surface area is 168 Å². The Bertz CT molecular complexity index is 796. The van der Waals surface area contributed by atoms with E-state index in [2.05, 4.69) is 18.1 Å². The van der Waals surface area contributed by atoms with Crippen LogP contribution < -0.4 is 4.74 Å². The molecule has 4 nitrogen and oxygen atoms in total. The van der Waals surface area contributed by atoms with E-state index in [4.69, 9.17) is 4.74 Å². The van der Waals surface area contributed by atoms with Gasteiger partial charge in [-0.25, -0.2) is 0 Å². The van der Waals surface area contributed by atoms with Gasteiger partial charge in [0.15, 0.2) is 0 Å². The SMILES string of the molecule is C=C/C(=C\C=C(/CC)Oc1ccc(C)nc1)C(=O)N(CC)/C(C=C)=C/C=C\C. The molecule has 0 aliphatic heterocycles. The second-order valence-electron chi connectivity index (χ2n) is 5.92. The standard InChI is InChI=1S/C24H30N2O2/c1-7-12-13-21(9-3)26(11-5)24(27)20(8-2)15-17-22(10-4)28-23-16-14-19(6)25-18-23/h7-9,12-18H,2-3,10-11H2,1,4-6H3/b12-7-,20-15+,21-13+,22-17+. The molecule has 148 valence electrons. The van der Waals surface area contributed by atoms with E-state index in [1.54, 1.807) is 35.4 Å². The molecule has 4 heteroatoms. The Morgan fingerprint density at radius 2 is 1.93 bits per heavy atom. The van der Waals surface area contributed by atoms with Gasteiger partial charge in [0.1, 0.15) is 11.5 Å². The van der Waals surface area contributed by atoms with Crippen molar-refractivity contribution in [3.63, 3.8) is 0 Å². The van der Waals surface area contributed by atoms with Crippen LogP contribution in [-0.2, 0) is 4.79 Å². The number of likely N-dealkylation sites (N-methyl/N-ethyl adjacent to an activating group) is 1. The van der Waals surface area contributed by atoms with Crippen molar-refractivity contribution >= 4 is 5.91 Å². The van der Waals surface area contributed by atoms with Crippen LogP contribution in [-0.4, -0.2) is 22.3 Å². The zero-order chi connectivity index (χ0) is 20.9. The lowest BCUT2D eigenvalue weighted by Gasteiger charge is -2.22. The van der Waals surface area contributed by atoms with E-state index in [9.17, 15) is 4.79 Å². The van der Waals surface area contributed by atoms with Gasteiger partial charge in [-0.05, 0) is 57.2 Å². The maximum atomic E-state index is 13.0. The summed E-state index contributed by atoms with van der Waals surface area (Å²) in [5, 5.41) is 0. The average molecular weight is 379 g/mol. The number of amides is 1. The summed E-state index contributed by atoms with van der Waals surface area (Å²) in [7, 11) is 0. The van der Waals surface area contributed by atoms with Crippen molar-refractivity contribution in [2.75, 3.05) is 6.54 Å². The number of carbonyl (C=O) groups is 1. The third-order valence-electron chi connectivity index (χ3n) is 3.94. The van der Waals surface area contributed by atoms with E-state index < -0.39 is 0 Å². The minimum absolute atomic E-state index is 0.142. The highest BCUT2D eigenvalue weighted by Gasteiger charge is 2.16. The fraction of sp³-hybridized carbons (Fsp3) is 0.250. The molecular weight excluding hydrogens is 348 g/mol. The van der Waals surface area contributed by atoms with Gasteiger partial charge in [0.05, 0.1) is 6.20 Å². The van der Waals surface area contributed by atoms with Crippen LogP contribution in [0.3, 0.4) is 0 Å². The molecule has 0 spiro atoms. The molecule has 0 radical (unpaired) electrons. The molecule has 0 aliphatic rings. The number of aromatic nitrogens is 1. The van der Waals surface area contributed by atoms with Crippen LogP contribution >= 0.6 is 0 Å². The molecule has 0 aromatic carbocycles. The average Bonchev–Trinajstić information content (AvgIpc) is 2.71. The summed E-state index contributed by atoms with van der Waals surface area (Å²) in [5.74, 6) is 1.25. The van der Waals surface area contributed by atoms with Crippen LogP contribution in [0.2, 0.25) is 0 Å². The van der Waals surface area contributed by atoms with Gasteiger partial charge in [0, 0.05) is 29.9 Å². The van der Waals surface area contributed by atoms with E-state index in [1.807, 2.05) is 58.1 Å². The normalized spacial score (nSPS) is 12.8. The summed E-state index contributed by atoms with van der Waals surface area (Å²) >= 11 is 0. The zero-order valence-electron chi connectivity index (χ0n) is 17.3. The van der Waals surface area contributed by atoms with Crippen LogP contribution in [0.1, 0.15) is 32.9 Å². The first-order valence-corrected chi connectivity index (χ1v) is 9.41. The lowest BCUT2D eigenvalue weighted by molar-refractivity contribution is -0.124.